The third-order valence-electron chi connectivity index (χ3n) is 4.57. The number of carbonyl (C=O) groups excluding carboxylic acids is 2. The van der Waals surface area contributed by atoms with Crippen LogP contribution in [0.5, 0.6) is 0 Å². The predicted octanol–water partition coefficient (Wildman–Crippen LogP) is 3.84. The van der Waals surface area contributed by atoms with Crippen LogP contribution in [-0.4, -0.2) is 25.5 Å². The van der Waals surface area contributed by atoms with Gasteiger partial charge in [0.15, 0.2) is 0 Å². The average Bonchev–Trinajstić information content (AvgIpc) is 3.28. The largest absolute Gasteiger partial charge is 0.465 e. The van der Waals surface area contributed by atoms with E-state index in [1.807, 2.05) is 11.4 Å². The molecule has 1 heterocycles. The molecule has 0 aliphatic rings. The van der Waals surface area contributed by atoms with E-state index in [-0.39, 0.29) is 24.5 Å². The summed E-state index contributed by atoms with van der Waals surface area (Å²) in [7, 11) is 1.35. The molecule has 0 aliphatic heterocycles. The van der Waals surface area contributed by atoms with E-state index in [1.54, 1.807) is 35.6 Å². The molecule has 0 bridgehead atoms. The fourth-order valence-electron chi connectivity index (χ4n) is 2.93. The van der Waals surface area contributed by atoms with Crippen LogP contribution in [0.1, 0.15) is 38.0 Å². The number of methoxy groups -OCH3 is 1. The van der Waals surface area contributed by atoms with E-state index in [1.165, 1.54) is 17.6 Å². The molecular weight excluding hydrogens is 384 g/mol. The van der Waals surface area contributed by atoms with Gasteiger partial charge in [-0.05, 0) is 41.6 Å². The second-order valence-corrected chi connectivity index (χ2v) is 7.68. The van der Waals surface area contributed by atoms with E-state index in [0.29, 0.717) is 12.1 Å². The van der Waals surface area contributed by atoms with Gasteiger partial charge in [0.2, 0.25) is 5.91 Å². The minimum atomic E-state index is -0.375. The Morgan fingerprint density at radius 2 is 1.76 bits per heavy atom. The number of rotatable bonds is 8. The molecule has 0 unspecified atom stereocenters. The van der Waals surface area contributed by atoms with Crippen LogP contribution in [-0.2, 0) is 16.1 Å². The first kappa shape index (κ1) is 20.8. The van der Waals surface area contributed by atoms with Gasteiger partial charge in [0, 0.05) is 11.4 Å². The molecule has 2 aromatic carbocycles. The van der Waals surface area contributed by atoms with Gasteiger partial charge in [0.1, 0.15) is 0 Å². The lowest BCUT2D eigenvalue weighted by atomic mass is 10.0. The van der Waals surface area contributed by atoms with Crippen LogP contribution < -0.4 is 10.6 Å². The molecule has 0 radical (unpaired) electrons. The summed E-state index contributed by atoms with van der Waals surface area (Å²) < 4.78 is 4.69. The summed E-state index contributed by atoms with van der Waals surface area (Å²) in [6, 6.07) is 19.4. The zero-order valence-electron chi connectivity index (χ0n) is 16.5. The van der Waals surface area contributed by atoms with E-state index in [2.05, 4.69) is 52.6 Å². The van der Waals surface area contributed by atoms with Crippen LogP contribution in [0.3, 0.4) is 0 Å². The molecule has 2 N–H and O–H groups in total. The Balaban J connectivity index is 1.56. The Labute approximate surface area is 174 Å². The maximum Gasteiger partial charge on any atom is 0.337 e. The van der Waals surface area contributed by atoms with Gasteiger partial charge >= 0.3 is 5.97 Å². The summed E-state index contributed by atoms with van der Waals surface area (Å²) in [5, 5.41) is 8.31. The topological polar surface area (TPSA) is 67.4 Å². The number of hydrogen-bond donors (Lipinski definition) is 2. The van der Waals surface area contributed by atoms with Crippen molar-refractivity contribution in [1.82, 2.24) is 10.6 Å². The summed E-state index contributed by atoms with van der Waals surface area (Å²) in [5.41, 5.74) is 3.74. The van der Waals surface area contributed by atoms with Crippen molar-refractivity contribution in [3.8, 4) is 0 Å². The number of thiophene rings is 1. The van der Waals surface area contributed by atoms with Crippen molar-refractivity contribution in [3.63, 3.8) is 0 Å². The first-order valence-electron chi connectivity index (χ1n) is 9.34. The Hall–Kier alpha value is -2.96. The van der Waals surface area contributed by atoms with Crippen molar-refractivity contribution in [2.75, 3.05) is 13.7 Å². The Morgan fingerprint density at radius 1 is 1.03 bits per heavy atom. The van der Waals surface area contributed by atoms with Gasteiger partial charge in [-0.1, -0.05) is 48.0 Å². The van der Waals surface area contributed by atoms with Gasteiger partial charge in [0.25, 0.3) is 0 Å². The zero-order valence-corrected chi connectivity index (χ0v) is 17.3. The maximum absolute atomic E-state index is 12.4. The predicted molar refractivity (Wildman–Crippen MR) is 115 cm³/mol. The summed E-state index contributed by atoms with van der Waals surface area (Å²) in [6.45, 7) is 2.66. The molecule has 0 spiro atoms. The van der Waals surface area contributed by atoms with Crippen molar-refractivity contribution in [1.29, 1.82) is 0 Å². The first-order chi connectivity index (χ1) is 14.1. The number of benzene rings is 2. The monoisotopic (exact) mass is 408 g/mol. The normalized spacial score (nSPS) is 11.7. The van der Waals surface area contributed by atoms with Gasteiger partial charge in [0.05, 0.1) is 25.3 Å². The van der Waals surface area contributed by atoms with Gasteiger partial charge in [-0.25, -0.2) is 4.79 Å². The van der Waals surface area contributed by atoms with Gasteiger partial charge in [-0.2, -0.15) is 0 Å². The van der Waals surface area contributed by atoms with Crippen molar-refractivity contribution in [2.45, 2.75) is 19.5 Å². The van der Waals surface area contributed by atoms with Crippen LogP contribution in [0.15, 0.2) is 66.0 Å². The van der Waals surface area contributed by atoms with Crippen LogP contribution in [0, 0.1) is 6.92 Å². The van der Waals surface area contributed by atoms with E-state index < -0.39 is 0 Å². The highest BCUT2D eigenvalue weighted by Gasteiger charge is 2.16. The Bertz CT molecular complexity index is 935. The molecule has 150 valence electrons. The van der Waals surface area contributed by atoms with Crippen LogP contribution in [0.25, 0.3) is 0 Å². The standard InChI is InChI=1S/C23H24N2O3S/c1-16-5-9-18(10-6-16)22(20-4-3-13-29-20)25-15-21(26)24-14-17-7-11-19(12-8-17)23(27)28-2/h3-13,22,25H,14-15H2,1-2H3,(H,24,26)/t22-/m0/s1. The molecule has 0 aliphatic carbocycles. The van der Waals surface area contributed by atoms with Crippen LogP contribution in [0.2, 0.25) is 0 Å². The maximum atomic E-state index is 12.4. The van der Waals surface area contributed by atoms with Crippen molar-refractivity contribution < 1.29 is 14.3 Å². The van der Waals surface area contributed by atoms with Gasteiger partial charge in [-0.3, -0.25) is 10.1 Å². The molecule has 1 atom stereocenters. The number of aryl methyl sites for hydroxylation is 1. The zero-order chi connectivity index (χ0) is 20.6. The Morgan fingerprint density at radius 3 is 2.38 bits per heavy atom. The van der Waals surface area contributed by atoms with Crippen molar-refractivity contribution in [2.24, 2.45) is 0 Å². The van der Waals surface area contributed by atoms with E-state index in [0.717, 1.165) is 11.1 Å². The quantitative estimate of drug-likeness (QED) is 0.556. The van der Waals surface area contributed by atoms with Crippen LogP contribution >= 0.6 is 11.3 Å². The lowest BCUT2D eigenvalue weighted by Gasteiger charge is -2.18. The minimum Gasteiger partial charge on any atom is -0.465 e. The molecule has 3 aromatic rings. The van der Waals surface area contributed by atoms with E-state index >= 15 is 0 Å². The summed E-state index contributed by atoms with van der Waals surface area (Å²) in [4.78, 5) is 25.0. The third kappa shape index (κ3) is 5.76. The number of ether oxygens (including phenoxy) is 1. The molecular formula is C23H24N2O3S. The lowest BCUT2D eigenvalue weighted by Crippen LogP contribution is -2.35. The lowest BCUT2D eigenvalue weighted by molar-refractivity contribution is -0.120. The molecule has 0 saturated carbocycles. The van der Waals surface area contributed by atoms with E-state index in [4.69, 9.17) is 0 Å². The summed E-state index contributed by atoms with van der Waals surface area (Å²) >= 11 is 1.67. The highest BCUT2D eigenvalue weighted by molar-refractivity contribution is 7.10. The molecule has 0 saturated heterocycles. The fourth-order valence-corrected chi connectivity index (χ4v) is 3.76. The molecule has 5 nitrogen and oxygen atoms in total. The van der Waals surface area contributed by atoms with Gasteiger partial charge < -0.3 is 10.1 Å². The second kappa shape index (κ2) is 10.0. The SMILES string of the molecule is COC(=O)c1ccc(CNC(=O)CN[C@@H](c2ccc(C)cc2)c2cccs2)cc1. The molecule has 1 aromatic heterocycles. The number of nitrogens with one attached hydrogen (secondary N) is 2. The van der Waals surface area contributed by atoms with E-state index in [9.17, 15) is 9.59 Å². The number of carbonyl (C=O) groups is 2. The first-order valence-corrected chi connectivity index (χ1v) is 10.2. The molecule has 0 fully saturated rings. The summed E-state index contributed by atoms with van der Waals surface area (Å²) in [5.74, 6) is -0.462. The minimum absolute atomic E-state index is 0.0271. The third-order valence-corrected chi connectivity index (χ3v) is 5.51. The van der Waals surface area contributed by atoms with Crippen molar-refractivity contribution in [3.05, 3.63) is 93.2 Å². The fraction of sp³-hybridized carbons (Fsp3) is 0.217. The second-order valence-electron chi connectivity index (χ2n) is 6.71. The summed E-state index contributed by atoms with van der Waals surface area (Å²) in [6.07, 6.45) is 0. The highest BCUT2D eigenvalue weighted by atomic mass is 32.1. The number of amides is 1. The molecule has 3 rings (SSSR count). The molecule has 6 heteroatoms. The van der Waals surface area contributed by atoms with Crippen molar-refractivity contribution >= 4 is 23.2 Å². The highest BCUT2D eigenvalue weighted by Crippen LogP contribution is 2.26. The van der Waals surface area contributed by atoms with Gasteiger partial charge in [-0.15, -0.1) is 11.3 Å². The Kier molecular flexibility index (Phi) is 7.16. The van der Waals surface area contributed by atoms with Crippen LogP contribution in [0.4, 0.5) is 0 Å². The number of esters is 1. The smallest absolute Gasteiger partial charge is 0.337 e. The average molecular weight is 409 g/mol. The number of hydrogen-bond acceptors (Lipinski definition) is 5. The molecule has 29 heavy (non-hydrogen) atoms. The molecule has 1 amide bonds.